The lowest BCUT2D eigenvalue weighted by atomic mass is 9.85. The highest BCUT2D eigenvalue weighted by Gasteiger charge is 2.52. The number of urea groups is 1. The van der Waals surface area contributed by atoms with Gasteiger partial charge in [0.25, 0.3) is 5.91 Å². The molecule has 0 aliphatic carbocycles. The maximum Gasteiger partial charge on any atom is 0.325 e. The fourth-order valence-electron chi connectivity index (χ4n) is 3.10. The van der Waals surface area contributed by atoms with Crippen LogP contribution in [0.2, 0.25) is 0 Å². The number of halogens is 1. The molecule has 0 unspecified atom stereocenters. The van der Waals surface area contributed by atoms with E-state index in [-0.39, 0.29) is 6.54 Å². The Balaban J connectivity index is 2.15. The predicted molar refractivity (Wildman–Crippen MR) is 97.4 cm³/mol. The number of nitrogens with one attached hydrogen (secondary N) is 2. The van der Waals surface area contributed by atoms with Crippen molar-refractivity contribution in [2.24, 2.45) is 0 Å². The molecule has 1 aliphatic rings. The molecule has 148 valence electrons. The van der Waals surface area contributed by atoms with Gasteiger partial charge in [0.05, 0.1) is 0 Å². The van der Waals surface area contributed by atoms with Crippen molar-refractivity contribution in [2.75, 3.05) is 26.8 Å². The van der Waals surface area contributed by atoms with Gasteiger partial charge in [0.1, 0.15) is 17.9 Å². The molecule has 27 heavy (non-hydrogen) atoms. The van der Waals surface area contributed by atoms with Crippen LogP contribution in [0.4, 0.5) is 9.18 Å². The third kappa shape index (κ3) is 4.82. The number of carbonyl (C=O) groups is 3. The fourth-order valence-corrected chi connectivity index (χ4v) is 3.10. The fraction of sp³-hybridized carbons (Fsp3) is 0.526. The molecule has 0 radical (unpaired) electrons. The summed E-state index contributed by atoms with van der Waals surface area (Å²) in [4.78, 5) is 38.5. The standard InChI is InChI=1S/C19H26FN3O4/c1-3-4-10-19(14-6-8-15(20)9-7-14)17(25)23(18(26)22-19)13-16(24)21-11-5-12-27-2/h6-9H,3-5,10-13H2,1-2H3,(H,21,24)(H,22,26)/t19-/m0/s1. The van der Waals surface area contributed by atoms with E-state index in [2.05, 4.69) is 10.6 Å². The Kier molecular flexibility index (Phi) is 7.29. The smallest absolute Gasteiger partial charge is 0.325 e. The number of methoxy groups -OCH3 is 1. The Morgan fingerprint density at radius 2 is 1.96 bits per heavy atom. The molecule has 1 aliphatic heterocycles. The molecular weight excluding hydrogens is 353 g/mol. The molecule has 0 bridgehead atoms. The van der Waals surface area contributed by atoms with E-state index in [9.17, 15) is 18.8 Å². The van der Waals surface area contributed by atoms with E-state index in [1.165, 1.54) is 24.3 Å². The van der Waals surface area contributed by atoms with Crippen LogP contribution in [-0.2, 0) is 19.9 Å². The van der Waals surface area contributed by atoms with E-state index in [1.54, 1.807) is 7.11 Å². The second kappa shape index (κ2) is 9.45. The number of carbonyl (C=O) groups excluding carboxylic acids is 3. The van der Waals surface area contributed by atoms with Crippen LogP contribution in [0.25, 0.3) is 0 Å². The van der Waals surface area contributed by atoms with Crippen LogP contribution in [0.5, 0.6) is 0 Å². The highest BCUT2D eigenvalue weighted by Crippen LogP contribution is 2.34. The van der Waals surface area contributed by atoms with E-state index in [0.717, 1.165) is 11.3 Å². The van der Waals surface area contributed by atoms with Crippen molar-refractivity contribution in [3.63, 3.8) is 0 Å². The van der Waals surface area contributed by atoms with Crippen molar-refractivity contribution in [1.29, 1.82) is 0 Å². The molecule has 7 nitrogen and oxygen atoms in total. The predicted octanol–water partition coefficient (Wildman–Crippen LogP) is 1.92. The van der Waals surface area contributed by atoms with Crippen LogP contribution >= 0.6 is 0 Å². The first-order valence-corrected chi connectivity index (χ1v) is 9.10. The monoisotopic (exact) mass is 379 g/mol. The first-order valence-electron chi connectivity index (χ1n) is 9.10. The van der Waals surface area contributed by atoms with E-state index in [1.807, 2.05) is 6.92 Å². The van der Waals surface area contributed by atoms with Crippen molar-refractivity contribution in [3.8, 4) is 0 Å². The van der Waals surface area contributed by atoms with Gasteiger partial charge in [-0.2, -0.15) is 0 Å². The van der Waals surface area contributed by atoms with Gasteiger partial charge in [0, 0.05) is 20.3 Å². The zero-order valence-electron chi connectivity index (χ0n) is 15.7. The SMILES string of the molecule is CCCC[C@@]1(c2ccc(F)cc2)NC(=O)N(CC(=O)NCCCOC)C1=O. The van der Waals surface area contributed by atoms with Crippen molar-refractivity contribution in [3.05, 3.63) is 35.6 Å². The second-order valence-corrected chi connectivity index (χ2v) is 6.53. The number of ether oxygens (including phenoxy) is 1. The average molecular weight is 379 g/mol. The number of hydrogen-bond acceptors (Lipinski definition) is 4. The molecule has 1 aromatic carbocycles. The average Bonchev–Trinajstić information content (AvgIpc) is 2.89. The van der Waals surface area contributed by atoms with Crippen LogP contribution in [0, 0.1) is 5.82 Å². The van der Waals surface area contributed by atoms with Crippen LogP contribution in [0.3, 0.4) is 0 Å². The van der Waals surface area contributed by atoms with E-state index in [4.69, 9.17) is 4.74 Å². The summed E-state index contributed by atoms with van der Waals surface area (Å²) in [5, 5.41) is 5.40. The van der Waals surface area contributed by atoms with E-state index >= 15 is 0 Å². The number of benzene rings is 1. The molecule has 0 saturated carbocycles. The van der Waals surface area contributed by atoms with Crippen LogP contribution in [-0.4, -0.2) is 49.6 Å². The molecule has 2 rings (SSSR count). The Hall–Kier alpha value is -2.48. The first kappa shape index (κ1) is 20.8. The highest BCUT2D eigenvalue weighted by atomic mass is 19.1. The number of unbranched alkanes of at least 4 members (excludes halogenated alkanes) is 1. The molecule has 1 heterocycles. The van der Waals surface area contributed by atoms with Gasteiger partial charge in [-0.05, 0) is 30.5 Å². The van der Waals surface area contributed by atoms with Gasteiger partial charge in [-0.3, -0.25) is 14.5 Å². The maximum absolute atomic E-state index is 13.3. The second-order valence-electron chi connectivity index (χ2n) is 6.53. The lowest BCUT2D eigenvalue weighted by Crippen LogP contribution is -2.45. The molecule has 1 saturated heterocycles. The molecule has 4 amide bonds. The minimum atomic E-state index is -1.27. The van der Waals surface area contributed by atoms with Gasteiger partial charge in [0.2, 0.25) is 5.91 Å². The van der Waals surface area contributed by atoms with Crippen LogP contribution in [0.15, 0.2) is 24.3 Å². The van der Waals surface area contributed by atoms with E-state index < -0.39 is 29.2 Å². The molecule has 1 atom stereocenters. The first-order chi connectivity index (χ1) is 12.9. The van der Waals surface area contributed by atoms with Crippen molar-refractivity contribution in [2.45, 2.75) is 38.1 Å². The van der Waals surface area contributed by atoms with Gasteiger partial charge in [-0.1, -0.05) is 31.9 Å². The summed E-state index contributed by atoms with van der Waals surface area (Å²) in [6, 6.07) is 4.89. The molecule has 1 fully saturated rings. The Labute approximate surface area is 158 Å². The zero-order chi connectivity index (χ0) is 19.9. The number of hydrogen-bond donors (Lipinski definition) is 2. The topological polar surface area (TPSA) is 87.7 Å². The maximum atomic E-state index is 13.3. The number of amides is 4. The van der Waals surface area contributed by atoms with Gasteiger partial charge >= 0.3 is 6.03 Å². The minimum Gasteiger partial charge on any atom is -0.385 e. The van der Waals surface area contributed by atoms with E-state index in [0.29, 0.717) is 38.0 Å². The lowest BCUT2D eigenvalue weighted by Gasteiger charge is -2.27. The molecule has 1 aromatic rings. The summed E-state index contributed by atoms with van der Waals surface area (Å²) in [6.07, 6.45) is 2.54. The quantitative estimate of drug-likeness (QED) is 0.480. The van der Waals surface area contributed by atoms with Crippen molar-refractivity contribution < 1.29 is 23.5 Å². The van der Waals surface area contributed by atoms with Gasteiger partial charge < -0.3 is 15.4 Å². The molecule has 8 heteroatoms. The molecule has 2 N–H and O–H groups in total. The van der Waals surface area contributed by atoms with Crippen molar-refractivity contribution in [1.82, 2.24) is 15.5 Å². The Morgan fingerprint density at radius 1 is 1.26 bits per heavy atom. The largest absolute Gasteiger partial charge is 0.385 e. The molecular formula is C19H26FN3O4. The molecule has 0 aromatic heterocycles. The van der Waals surface area contributed by atoms with Gasteiger partial charge in [-0.25, -0.2) is 9.18 Å². The number of rotatable bonds is 10. The summed E-state index contributed by atoms with van der Waals surface area (Å²) in [6.45, 7) is 2.53. The zero-order valence-corrected chi connectivity index (χ0v) is 15.7. The van der Waals surface area contributed by atoms with Crippen LogP contribution in [0.1, 0.15) is 38.2 Å². The summed E-state index contributed by atoms with van der Waals surface area (Å²) >= 11 is 0. The third-order valence-electron chi connectivity index (χ3n) is 4.57. The summed E-state index contributed by atoms with van der Waals surface area (Å²) in [7, 11) is 1.57. The third-order valence-corrected chi connectivity index (χ3v) is 4.57. The van der Waals surface area contributed by atoms with Gasteiger partial charge in [0.15, 0.2) is 0 Å². The van der Waals surface area contributed by atoms with Crippen molar-refractivity contribution >= 4 is 17.8 Å². The summed E-state index contributed by atoms with van der Waals surface area (Å²) < 4.78 is 18.2. The normalized spacial score (nSPS) is 19.3. The number of nitrogens with zero attached hydrogens (tertiary/aromatic N) is 1. The Morgan fingerprint density at radius 3 is 2.59 bits per heavy atom. The van der Waals surface area contributed by atoms with Gasteiger partial charge in [-0.15, -0.1) is 0 Å². The lowest BCUT2D eigenvalue weighted by molar-refractivity contribution is -0.135. The molecule has 0 spiro atoms. The Bertz CT molecular complexity index is 680. The number of imide groups is 1. The summed E-state index contributed by atoms with van der Waals surface area (Å²) in [5.41, 5.74) is -0.754. The van der Waals surface area contributed by atoms with Crippen LogP contribution < -0.4 is 10.6 Å². The minimum absolute atomic E-state index is 0.354. The highest BCUT2D eigenvalue weighted by molar-refractivity contribution is 6.09. The summed E-state index contributed by atoms with van der Waals surface area (Å²) in [5.74, 6) is -1.33.